The number of rotatable bonds is 9. The number of unbranched alkanes of at least 4 members (excludes halogenated alkanes) is 1. The smallest absolute Gasteiger partial charge is 0.168 e. The molecule has 0 bridgehead atoms. The largest absolute Gasteiger partial charge is 0.511 e. The molecule has 0 aromatic carbocycles. The molecule has 0 atom stereocenters. The highest BCUT2D eigenvalue weighted by Crippen LogP contribution is 2.37. The van der Waals surface area contributed by atoms with Crippen molar-refractivity contribution in [2.45, 2.75) is 106 Å². The third-order valence-corrected chi connectivity index (χ3v) is 6.41. The minimum absolute atomic E-state index is 0.0410. The molecule has 0 aromatic rings. The van der Waals surface area contributed by atoms with Crippen LogP contribution in [0.25, 0.3) is 0 Å². The Morgan fingerprint density at radius 2 is 1.06 bits per heavy atom. The Hall–Kier alpha value is -2.24. The van der Waals surface area contributed by atoms with Crippen LogP contribution in [0.1, 0.15) is 106 Å². The molecular formula is C28H44N2O4. The Morgan fingerprint density at radius 1 is 0.706 bits per heavy atom. The van der Waals surface area contributed by atoms with Crippen LogP contribution in [-0.2, 0) is 9.59 Å². The number of hydrogen-bond donors (Lipinski definition) is 2. The van der Waals surface area contributed by atoms with E-state index >= 15 is 0 Å². The molecular weight excluding hydrogens is 428 g/mol. The second-order valence-corrected chi connectivity index (χ2v) is 11.4. The van der Waals surface area contributed by atoms with Crippen LogP contribution >= 0.6 is 0 Å². The molecule has 2 aliphatic rings. The highest BCUT2D eigenvalue weighted by Gasteiger charge is 2.37. The van der Waals surface area contributed by atoms with Gasteiger partial charge in [0.2, 0.25) is 0 Å². The minimum atomic E-state index is -0.149. The van der Waals surface area contributed by atoms with E-state index in [-0.39, 0.29) is 33.9 Å². The lowest BCUT2D eigenvalue weighted by Gasteiger charge is -2.31. The zero-order valence-electron chi connectivity index (χ0n) is 22.1. The van der Waals surface area contributed by atoms with Gasteiger partial charge in [0.1, 0.15) is 11.5 Å². The number of aliphatic imine (C=N–C) groups is 2. The number of allylic oxidation sites excluding steroid dienone is 4. The Kier molecular flexibility index (Phi) is 9.84. The molecule has 190 valence electrons. The van der Waals surface area contributed by atoms with E-state index < -0.39 is 0 Å². The molecule has 0 aromatic heterocycles. The van der Waals surface area contributed by atoms with Crippen LogP contribution in [0.4, 0.5) is 0 Å². The first-order chi connectivity index (χ1) is 15.9. The third kappa shape index (κ3) is 7.64. The molecule has 34 heavy (non-hydrogen) atoms. The Morgan fingerprint density at radius 3 is 1.38 bits per heavy atom. The monoisotopic (exact) mass is 472 g/mol. The van der Waals surface area contributed by atoms with Crippen molar-refractivity contribution in [1.29, 1.82) is 0 Å². The van der Waals surface area contributed by atoms with E-state index in [1.165, 1.54) is 0 Å². The van der Waals surface area contributed by atoms with Gasteiger partial charge in [-0.05, 0) is 49.4 Å². The molecule has 2 saturated carbocycles. The van der Waals surface area contributed by atoms with Crippen LogP contribution in [-0.4, -0.2) is 46.3 Å². The summed E-state index contributed by atoms with van der Waals surface area (Å²) in [6, 6.07) is 0. The summed E-state index contributed by atoms with van der Waals surface area (Å²) in [5, 5.41) is 21.5. The predicted molar refractivity (Wildman–Crippen MR) is 139 cm³/mol. The maximum Gasteiger partial charge on any atom is 0.168 e. The first kappa shape index (κ1) is 28.0. The van der Waals surface area contributed by atoms with E-state index in [0.29, 0.717) is 75.6 Å². The number of aliphatic hydroxyl groups excluding tert-OH is 2. The summed E-state index contributed by atoms with van der Waals surface area (Å²) in [5.74, 6) is 0.118. The highest BCUT2D eigenvalue weighted by atomic mass is 16.3. The number of Topliss-reactive ketones (excluding diaryl/α,β-unsaturated/α-hetero) is 2. The average molecular weight is 473 g/mol. The van der Waals surface area contributed by atoms with E-state index in [4.69, 9.17) is 0 Å². The van der Waals surface area contributed by atoms with Gasteiger partial charge in [-0.15, -0.1) is 0 Å². The molecule has 2 aliphatic carbocycles. The van der Waals surface area contributed by atoms with E-state index in [2.05, 4.69) is 37.7 Å². The van der Waals surface area contributed by atoms with Gasteiger partial charge in [-0.25, -0.2) is 0 Å². The SMILES string of the molecule is CCCN=C1CC(C)(C)CC(=O)C1=C(O)CCCCC(O)=C1C(=O)CC(C)(C)CC1=NCCC. The Balaban J connectivity index is 2.10. The summed E-state index contributed by atoms with van der Waals surface area (Å²) in [4.78, 5) is 34.8. The van der Waals surface area contributed by atoms with Gasteiger partial charge in [0.05, 0.1) is 11.1 Å². The standard InChI is InChI=1S/C28H44N2O4/c1-7-13-29-19-15-27(3,4)17-23(33)25(19)21(31)11-9-10-12-22(32)26-20(30-14-8-2)16-28(5,6)18-24(26)34/h31-32H,7-18H2,1-6H3. The van der Waals surface area contributed by atoms with Gasteiger partial charge in [-0.3, -0.25) is 19.6 Å². The number of carbonyl (C=O) groups excluding carboxylic acids is 2. The van der Waals surface area contributed by atoms with E-state index in [1.54, 1.807) is 0 Å². The molecule has 6 nitrogen and oxygen atoms in total. The zero-order valence-corrected chi connectivity index (χ0v) is 22.1. The summed E-state index contributed by atoms with van der Waals surface area (Å²) < 4.78 is 0. The van der Waals surface area contributed by atoms with Crippen molar-refractivity contribution in [1.82, 2.24) is 0 Å². The molecule has 0 aliphatic heterocycles. The molecule has 2 rings (SSSR count). The van der Waals surface area contributed by atoms with Crippen LogP contribution < -0.4 is 0 Å². The summed E-state index contributed by atoms with van der Waals surface area (Å²) in [6.07, 6.45) is 5.87. The molecule has 6 heteroatoms. The zero-order chi connectivity index (χ0) is 25.5. The second-order valence-electron chi connectivity index (χ2n) is 11.4. The Labute approximate surface area is 205 Å². The fourth-order valence-electron chi connectivity index (χ4n) is 4.83. The maximum absolute atomic E-state index is 12.8. The van der Waals surface area contributed by atoms with Crippen molar-refractivity contribution in [3.05, 3.63) is 22.7 Å². The van der Waals surface area contributed by atoms with Crippen LogP contribution in [0.2, 0.25) is 0 Å². The van der Waals surface area contributed by atoms with E-state index in [9.17, 15) is 19.8 Å². The highest BCUT2D eigenvalue weighted by molar-refractivity contribution is 6.25. The lowest BCUT2D eigenvalue weighted by Crippen LogP contribution is -2.33. The summed E-state index contributed by atoms with van der Waals surface area (Å²) in [7, 11) is 0. The van der Waals surface area contributed by atoms with Crippen molar-refractivity contribution in [2.24, 2.45) is 20.8 Å². The van der Waals surface area contributed by atoms with Crippen LogP contribution in [0.3, 0.4) is 0 Å². The molecule has 0 amide bonds. The predicted octanol–water partition coefficient (Wildman–Crippen LogP) is 6.65. The minimum Gasteiger partial charge on any atom is -0.511 e. The lowest BCUT2D eigenvalue weighted by molar-refractivity contribution is -0.118. The first-order valence-electron chi connectivity index (χ1n) is 12.9. The van der Waals surface area contributed by atoms with Crippen LogP contribution in [0, 0.1) is 10.8 Å². The normalized spacial score (nSPS) is 25.7. The van der Waals surface area contributed by atoms with Gasteiger partial charge in [0, 0.05) is 50.2 Å². The van der Waals surface area contributed by atoms with Crippen molar-refractivity contribution in [2.75, 3.05) is 13.1 Å². The van der Waals surface area contributed by atoms with Crippen molar-refractivity contribution >= 4 is 23.0 Å². The van der Waals surface area contributed by atoms with Crippen molar-refractivity contribution in [3.63, 3.8) is 0 Å². The van der Waals surface area contributed by atoms with Gasteiger partial charge >= 0.3 is 0 Å². The summed E-state index contributed by atoms with van der Waals surface area (Å²) in [5.41, 5.74) is 1.94. The lowest BCUT2D eigenvalue weighted by atomic mass is 9.73. The number of carbonyl (C=O) groups is 2. The summed E-state index contributed by atoms with van der Waals surface area (Å²) >= 11 is 0. The fraction of sp³-hybridized carbons (Fsp3) is 0.714. The van der Waals surface area contributed by atoms with Gasteiger partial charge in [0.15, 0.2) is 11.6 Å². The molecule has 0 heterocycles. The average Bonchev–Trinajstić information content (AvgIpc) is 2.71. The first-order valence-corrected chi connectivity index (χ1v) is 12.9. The molecule has 0 unspecified atom stereocenters. The van der Waals surface area contributed by atoms with E-state index in [0.717, 1.165) is 24.3 Å². The van der Waals surface area contributed by atoms with Crippen LogP contribution in [0.5, 0.6) is 0 Å². The van der Waals surface area contributed by atoms with Crippen molar-refractivity contribution < 1.29 is 19.8 Å². The van der Waals surface area contributed by atoms with Crippen LogP contribution in [0.15, 0.2) is 32.6 Å². The molecule has 2 fully saturated rings. The van der Waals surface area contributed by atoms with Crippen molar-refractivity contribution in [3.8, 4) is 0 Å². The van der Waals surface area contributed by atoms with Gasteiger partial charge in [-0.1, -0.05) is 41.5 Å². The molecule has 2 N–H and O–H groups in total. The Bertz CT molecular complexity index is 829. The molecule has 0 saturated heterocycles. The maximum atomic E-state index is 12.8. The summed E-state index contributed by atoms with van der Waals surface area (Å²) in [6.45, 7) is 13.6. The second kappa shape index (κ2) is 11.9. The van der Waals surface area contributed by atoms with Gasteiger partial charge in [-0.2, -0.15) is 0 Å². The molecule has 0 radical (unpaired) electrons. The topological polar surface area (TPSA) is 99.3 Å². The number of hydrogen-bond acceptors (Lipinski definition) is 6. The number of ketones is 2. The number of nitrogens with zero attached hydrogens (tertiary/aromatic N) is 2. The third-order valence-electron chi connectivity index (χ3n) is 6.41. The quantitative estimate of drug-likeness (QED) is 0.223. The van der Waals surface area contributed by atoms with E-state index in [1.807, 2.05) is 13.8 Å². The van der Waals surface area contributed by atoms with Gasteiger partial charge in [0.25, 0.3) is 0 Å². The van der Waals surface area contributed by atoms with Gasteiger partial charge < -0.3 is 10.2 Å². The molecule has 0 spiro atoms. The number of aliphatic hydroxyl groups is 2. The fourth-order valence-corrected chi connectivity index (χ4v) is 4.83.